The van der Waals surface area contributed by atoms with Crippen LogP contribution in [0, 0.1) is 0 Å². The van der Waals surface area contributed by atoms with E-state index in [0.29, 0.717) is 107 Å². The first kappa shape index (κ1) is 43.6. The highest BCUT2D eigenvalue weighted by molar-refractivity contribution is 6.40. The summed E-state index contributed by atoms with van der Waals surface area (Å²) < 4.78 is 34.3. The monoisotopic (exact) mass is 867 g/mol. The van der Waals surface area contributed by atoms with Crippen LogP contribution in [0.4, 0.5) is 11.4 Å². The van der Waals surface area contributed by atoms with E-state index in [1.165, 1.54) is 34.3 Å². The minimum atomic E-state index is -0.996. The van der Waals surface area contributed by atoms with Crippen LogP contribution in [0.1, 0.15) is 37.3 Å². The maximum atomic E-state index is 15.0. The summed E-state index contributed by atoms with van der Waals surface area (Å²) in [5.41, 5.74) is 0.419. The van der Waals surface area contributed by atoms with E-state index in [1.807, 2.05) is 0 Å². The number of hydrogen-bond donors (Lipinski definition) is 4. The van der Waals surface area contributed by atoms with Gasteiger partial charge in [0.25, 0.3) is 0 Å². The fraction of sp³-hybridized carbons (Fsp3) is 0.457. The van der Waals surface area contributed by atoms with Crippen LogP contribution in [0.3, 0.4) is 0 Å². The number of morpholine rings is 2. The van der Waals surface area contributed by atoms with Crippen molar-refractivity contribution in [3.05, 3.63) is 49.3 Å². The van der Waals surface area contributed by atoms with E-state index in [0.717, 1.165) is 26.2 Å². The topological polar surface area (TPSA) is 204 Å². The molecule has 17 heteroatoms. The van der Waals surface area contributed by atoms with Crippen molar-refractivity contribution in [2.45, 2.75) is 26.2 Å². The highest BCUT2D eigenvalue weighted by atomic mass is 16.5. The van der Waals surface area contributed by atoms with Crippen LogP contribution in [0.2, 0.25) is 0 Å². The number of amides is 1. The molecule has 0 radical (unpaired) electrons. The lowest BCUT2D eigenvalue weighted by Gasteiger charge is -2.26. The Morgan fingerprint density at radius 1 is 0.762 bits per heavy atom. The smallest absolute Gasteiger partial charge is 0.307 e. The number of phenolic OH excluding ortho intramolecular Hbond substituents is 1. The average Bonchev–Trinajstić information content (AvgIpc) is 3.40. The van der Waals surface area contributed by atoms with Gasteiger partial charge in [0, 0.05) is 108 Å². The predicted molar refractivity (Wildman–Crippen MR) is 240 cm³/mol. The molecule has 2 saturated heterocycles. The molecule has 17 nitrogen and oxygen atoms in total. The molecule has 8 rings (SSSR count). The third kappa shape index (κ3) is 7.98. The molecule has 0 bridgehead atoms. The molecule has 0 saturated carbocycles. The number of benzene rings is 5. The fourth-order valence-corrected chi connectivity index (χ4v) is 9.49. The molecule has 1 atom stereocenters. The van der Waals surface area contributed by atoms with E-state index in [-0.39, 0.29) is 71.5 Å². The number of aromatic hydroxyl groups is 1. The molecule has 63 heavy (non-hydrogen) atoms. The second-order valence-corrected chi connectivity index (χ2v) is 16.1. The van der Waals surface area contributed by atoms with E-state index >= 15 is 4.79 Å². The summed E-state index contributed by atoms with van der Waals surface area (Å²) in [5, 5.41) is 23.5. The number of rotatable bonds is 17. The summed E-state index contributed by atoms with van der Waals surface area (Å²) in [6.07, 6.45) is 1.72. The second-order valence-electron chi connectivity index (χ2n) is 16.1. The van der Waals surface area contributed by atoms with Gasteiger partial charge in [-0.15, -0.1) is 0 Å². The summed E-state index contributed by atoms with van der Waals surface area (Å²) >= 11 is 0. The lowest BCUT2D eigenvalue weighted by Crippen LogP contribution is -2.42. The van der Waals surface area contributed by atoms with E-state index in [4.69, 9.17) is 28.4 Å². The zero-order valence-electron chi connectivity index (χ0n) is 36.2. The van der Waals surface area contributed by atoms with Gasteiger partial charge in [0.2, 0.25) is 16.8 Å². The number of hydrogen-bond acceptors (Lipinski definition) is 16. The third-order valence-electron chi connectivity index (χ3n) is 12.4. The number of fused-ring (bicyclic) bond motifs is 1. The minimum absolute atomic E-state index is 0.0120. The summed E-state index contributed by atoms with van der Waals surface area (Å²) in [7, 11) is 4.27. The van der Waals surface area contributed by atoms with Crippen molar-refractivity contribution < 1.29 is 47.9 Å². The fourth-order valence-electron chi connectivity index (χ4n) is 9.49. The Morgan fingerprint density at radius 3 is 2.03 bits per heavy atom. The van der Waals surface area contributed by atoms with Crippen LogP contribution in [0.15, 0.2) is 27.3 Å². The standard InChI is InChI=1S/C46H53N5O12/c1-24-20-26-34-39-36(44(56)43(26)49-23-31(54)48-8-9-50-10-15-61-16-11-50)28(53)22-30(59-4)38(39)37-29(58-3)21-27(47-7-6-32(55)63-19-14-51-12-17-62-18-13-51)35-41(37)40(34)42(33(24)25(2)52)46(60-5)45(35)57/h20-22,33,47,49,53H,6-19,23H2,1-5H3,(H,48,54). The Bertz CT molecular complexity index is 2750. The molecular formula is C46H53N5O12. The van der Waals surface area contributed by atoms with Crippen molar-refractivity contribution in [1.29, 1.82) is 0 Å². The Kier molecular flexibility index (Phi) is 12.7. The van der Waals surface area contributed by atoms with E-state index in [2.05, 4.69) is 25.8 Å². The van der Waals surface area contributed by atoms with E-state index < -0.39 is 22.7 Å². The average molecular weight is 868 g/mol. The summed E-state index contributed by atoms with van der Waals surface area (Å²) in [6, 6.07) is 2.99. The van der Waals surface area contributed by atoms with Gasteiger partial charge in [-0.25, -0.2) is 0 Å². The molecule has 5 aromatic rings. The van der Waals surface area contributed by atoms with Crippen LogP contribution >= 0.6 is 0 Å². The molecule has 1 aliphatic carbocycles. The molecule has 2 heterocycles. The predicted octanol–water partition coefficient (Wildman–Crippen LogP) is 3.25. The molecule has 1 amide bonds. The molecule has 4 N–H and O–H groups in total. The number of anilines is 2. The highest BCUT2D eigenvalue weighted by Gasteiger charge is 2.37. The summed E-state index contributed by atoms with van der Waals surface area (Å²) in [6.45, 7) is 10.5. The number of ether oxygens (including phenoxy) is 6. The van der Waals surface area contributed by atoms with Crippen LogP contribution in [0.25, 0.3) is 49.2 Å². The van der Waals surface area contributed by atoms with Crippen molar-refractivity contribution >= 4 is 78.2 Å². The number of allylic oxidation sites excluding steroid dienone is 1. The minimum Gasteiger partial charge on any atom is -0.507 e. The first-order chi connectivity index (χ1) is 30.5. The number of nitrogens with one attached hydrogen (secondary N) is 3. The lowest BCUT2D eigenvalue weighted by molar-refractivity contribution is -0.144. The van der Waals surface area contributed by atoms with Gasteiger partial charge >= 0.3 is 5.97 Å². The van der Waals surface area contributed by atoms with Gasteiger partial charge in [-0.05, 0) is 19.2 Å². The van der Waals surface area contributed by atoms with Crippen molar-refractivity contribution in [2.24, 2.45) is 0 Å². The number of methoxy groups -OCH3 is 3. The van der Waals surface area contributed by atoms with Crippen molar-refractivity contribution in [2.75, 3.05) is 124 Å². The SMILES string of the molecule is COc1c2c3c4c(c(NCC(=O)NCCN5CCOCC5)c(=O)c5c(O)cc(OC)c(c6c(OC)cc(NCCC(=O)OCCN7CCOCC7)c(c1=O)c63)c54)C=C(C)C2C(C)=O. The number of carbonyl (C=O) groups is 3. The second kappa shape index (κ2) is 18.4. The van der Waals surface area contributed by atoms with Gasteiger partial charge in [-0.1, -0.05) is 11.6 Å². The molecule has 334 valence electrons. The van der Waals surface area contributed by atoms with Crippen LogP contribution < -0.4 is 41.0 Å². The maximum Gasteiger partial charge on any atom is 0.307 e. The number of Topliss-reactive ketones (excluding diaryl/α,β-unsaturated/α-hetero) is 1. The van der Waals surface area contributed by atoms with Gasteiger partial charge in [0.05, 0.1) is 83.1 Å². The van der Waals surface area contributed by atoms with Crippen LogP contribution in [-0.2, 0) is 28.6 Å². The van der Waals surface area contributed by atoms with Gasteiger partial charge < -0.3 is 49.5 Å². The zero-order valence-corrected chi connectivity index (χ0v) is 36.2. The lowest BCUT2D eigenvalue weighted by atomic mass is 9.80. The first-order valence-corrected chi connectivity index (χ1v) is 21.2. The quantitative estimate of drug-likeness (QED) is 0.0602. The van der Waals surface area contributed by atoms with Gasteiger partial charge in [0.1, 0.15) is 29.6 Å². The number of phenols is 1. The number of ketones is 1. The normalized spacial score (nSPS) is 17.0. The first-order valence-electron chi connectivity index (χ1n) is 21.2. The van der Waals surface area contributed by atoms with Gasteiger partial charge in [-0.2, -0.15) is 0 Å². The van der Waals surface area contributed by atoms with Crippen LogP contribution in [-0.4, -0.2) is 146 Å². The highest BCUT2D eigenvalue weighted by Crippen LogP contribution is 2.55. The molecular weight excluding hydrogens is 815 g/mol. The van der Waals surface area contributed by atoms with Gasteiger partial charge in [0.15, 0.2) is 5.75 Å². The Balaban J connectivity index is 1.30. The Morgan fingerprint density at radius 2 is 1.40 bits per heavy atom. The van der Waals surface area contributed by atoms with E-state index in [1.54, 1.807) is 19.1 Å². The molecule has 2 fully saturated rings. The van der Waals surface area contributed by atoms with Crippen molar-refractivity contribution in [3.8, 4) is 23.0 Å². The number of esters is 1. The van der Waals surface area contributed by atoms with E-state index in [9.17, 15) is 24.3 Å². The molecule has 1 unspecified atom stereocenters. The van der Waals surface area contributed by atoms with Crippen molar-refractivity contribution in [3.63, 3.8) is 0 Å². The zero-order chi connectivity index (χ0) is 44.5. The van der Waals surface area contributed by atoms with Gasteiger partial charge in [-0.3, -0.25) is 33.8 Å². The summed E-state index contributed by atoms with van der Waals surface area (Å²) in [5.74, 6) is -2.01. The Hall–Kier alpha value is -6.01. The molecule has 0 aromatic heterocycles. The number of carbonyl (C=O) groups excluding carboxylic acids is 3. The number of nitrogens with zero attached hydrogens (tertiary/aromatic N) is 2. The molecule has 3 aliphatic rings. The maximum absolute atomic E-state index is 15.0. The van der Waals surface area contributed by atoms with Crippen molar-refractivity contribution in [1.82, 2.24) is 15.1 Å². The van der Waals surface area contributed by atoms with Crippen LogP contribution in [0.5, 0.6) is 23.0 Å². The largest absolute Gasteiger partial charge is 0.507 e. The Labute approximate surface area is 362 Å². The molecule has 0 spiro atoms. The molecule has 5 aromatic carbocycles. The molecule has 2 aliphatic heterocycles. The summed E-state index contributed by atoms with van der Waals surface area (Å²) in [4.78, 5) is 74.4. The third-order valence-corrected chi connectivity index (χ3v) is 12.4.